The average Bonchev–Trinajstić information content (AvgIpc) is 3.62. The van der Waals surface area contributed by atoms with Crippen LogP contribution in [0.3, 0.4) is 0 Å². The molecule has 43 heavy (non-hydrogen) atoms. The summed E-state index contributed by atoms with van der Waals surface area (Å²) >= 11 is 0. The minimum atomic E-state index is -4.55. The number of carbonyl (C=O) groups is 2. The summed E-state index contributed by atoms with van der Waals surface area (Å²) in [6.45, 7) is 1.67. The van der Waals surface area contributed by atoms with E-state index in [4.69, 9.17) is 4.74 Å². The zero-order valence-electron chi connectivity index (χ0n) is 24.7. The van der Waals surface area contributed by atoms with Gasteiger partial charge in [0.25, 0.3) is 0 Å². The van der Waals surface area contributed by atoms with E-state index in [2.05, 4.69) is 9.88 Å². The van der Waals surface area contributed by atoms with Crippen molar-refractivity contribution in [3.05, 3.63) is 105 Å². The summed E-state index contributed by atoms with van der Waals surface area (Å²) in [5.41, 5.74) is 4.67. The van der Waals surface area contributed by atoms with Gasteiger partial charge in [-0.05, 0) is 79.4 Å². The molecular formula is C34H36F3N3O3. The number of hydrogen-bond acceptors (Lipinski definition) is 6. The Balaban J connectivity index is 1.23. The van der Waals surface area contributed by atoms with Crippen LogP contribution in [0.15, 0.2) is 60.3 Å². The Hall–Kier alpha value is -3.82. The van der Waals surface area contributed by atoms with Crippen LogP contribution in [-0.2, 0) is 47.9 Å². The predicted molar refractivity (Wildman–Crippen MR) is 159 cm³/mol. The van der Waals surface area contributed by atoms with Gasteiger partial charge in [0, 0.05) is 55.9 Å². The zero-order valence-corrected chi connectivity index (χ0v) is 24.7. The van der Waals surface area contributed by atoms with E-state index in [1.54, 1.807) is 0 Å². The highest BCUT2D eigenvalue weighted by molar-refractivity contribution is 5.98. The third-order valence-corrected chi connectivity index (χ3v) is 8.36. The molecule has 6 nitrogen and oxygen atoms in total. The highest BCUT2D eigenvalue weighted by Crippen LogP contribution is 2.34. The molecule has 0 spiro atoms. The lowest BCUT2D eigenvalue weighted by Gasteiger charge is -2.22. The first-order valence-corrected chi connectivity index (χ1v) is 14.5. The number of ketones is 1. The largest absolute Gasteiger partial charge is 0.466 e. The van der Waals surface area contributed by atoms with Crippen LogP contribution in [0.2, 0.25) is 0 Å². The van der Waals surface area contributed by atoms with Crippen LogP contribution in [0, 0.1) is 0 Å². The first-order valence-electron chi connectivity index (χ1n) is 14.5. The van der Waals surface area contributed by atoms with Crippen molar-refractivity contribution in [2.24, 2.45) is 0 Å². The quantitative estimate of drug-likeness (QED) is 0.227. The van der Waals surface area contributed by atoms with E-state index in [0.29, 0.717) is 30.9 Å². The average molecular weight is 592 g/mol. The highest BCUT2D eigenvalue weighted by atomic mass is 19.4. The van der Waals surface area contributed by atoms with Gasteiger partial charge in [-0.2, -0.15) is 13.2 Å². The van der Waals surface area contributed by atoms with E-state index in [0.717, 1.165) is 53.5 Å². The fraction of sp³-hybridized carbons (Fsp3) is 0.382. The van der Waals surface area contributed by atoms with E-state index >= 15 is 0 Å². The normalized spacial score (nSPS) is 16.8. The third-order valence-electron chi connectivity index (χ3n) is 8.36. The molecule has 9 heteroatoms. The SMILES string of the molecule is COC(=O)C1=Cc2cc(CCc3cccc(CC(=O)c4ccc(CN5CCC(N(C)C)C5)c(C(F)(F)F)c4)c3)cnc2C1. The standard InChI is InChI=1S/C34H36F3N3O3/c1-39(2)29-11-12-40(21-29)20-26-10-9-25(17-30(26)34(35,36)37)32(41)15-23-6-4-5-22(13-23)7-8-24-14-27-16-28(33(42)43-3)18-31(27)38-19-24/h4-6,9-10,13-14,16-17,19,29H,7-8,11-12,15,18,20-21H2,1-3H3. The molecule has 0 N–H and O–H groups in total. The summed E-state index contributed by atoms with van der Waals surface area (Å²) < 4.78 is 47.0. The second-order valence-electron chi connectivity index (χ2n) is 11.6. The minimum absolute atomic E-state index is 0.0165. The number of ether oxygens (including phenoxy) is 1. The third kappa shape index (κ3) is 7.40. The molecular weight excluding hydrogens is 555 g/mol. The molecule has 1 unspecified atom stereocenters. The number of carbonyl (C=O) groups excluding carboxylic acids is 2. The van der Waals surface area contributed by atoms with Crippen molar-refractivity contribution >= 4 is 17.8 Å². The van der Waals surface area contributed by atoms with Crippen molar-refractivity contribution in [2.45, 2.75) is 50.9 Å². The molecule has 1 atom stereocenters. The first kappa shape index (κ1) is 30.6. The lowest BCUT2D eigenvalue weighted by atomic mass is 9.96. The Kier molecular flexibility index (Phi) is 9.13. The molecule has 3 aromatic rings. The van der Waals surface area contributed by atoms with E-state index in [1.807, 2.05) is 61.6 Å². The summed E-state index contributed by atoms with van der Waals surface area (Å²) in [5.74, 6) is -0.698. The number of likely N-dealkylation sites (N-methyl/N-ethyl adjacent to an activating group) is 1. The number of nitrogens with zero attached hydrogens (tertiary/aromatic N) is 3. The van der Waals surface area contributed by atoms with Crippen LogP contribution in [0.5, 0.6) is 0 Å². The van der Waals surface area contributed by atoms with Gasteiger partial charge in [-0.15, -0.1) is 0 Å². The summed E-state index contributed by atoms with van der Waals surface area (Å²) in [5, 5.41) is 0. The number of fused-ring (bicyclic) bond motifs is 1. The topological polar surface area (TPSA) is 62.7 Å². The second-order valence-corrected chi connectivity index (χ2v) is 11.6. The van der Waals surface area contributed by atoms with Gasteiger partial charge in [-0.25, -0.2) is 4.79 Å². The molecule has 0 radical (unpaired) electrons. The number of hydrogen-bond donors (Lipinski definition) is 0. The smallest absolute Gasteiger partial charge is 0.416 e. The maximum atomic E-state index is 14.1. The van der Waals surface area contributed by atoms with E-state index < -0.39 is 11.7 Å². The summed E-state index contributed by atoms with van der Waals surface area (Å²) in [6, 6.07) is 14.0. The van der Waals surface area contributed by atoms with Crippen molar-refractivity contribution in [1.82, 2.24) is 14.8 Å². The lowest BCUT2D eigenvalue weighted by Crippen LogP contribution is -2.31. The van der Waals surface area contributed by atoms with E-state index in [1.165, 1.54) is 19.2 Å². The molecule has 2 aromatic carbocycles. The number of Topliss-reactive ketones (excluding diaryl/α,β-unsaturated/α-hetero) is 1. The van der Waals surface area contributed by atoms with Crippen LogP contribution in [0.1, 0.15) is 55.9 Å². The van der Waals surface area contributed by atoms with Crippen molar-refractivity contribution < 1.29 is 27.5 Å². The number of alkyl halides is 3. The Morgan fingerprint density at radius 3 is 2.53 bits per heavy atom. The number of pyridine rings is 1. The molecule has 0 bridgehead atoms. The van der Waals surface area contributed by atoms with Crippen LogP contribution in [0.4, 0.5) is 13.2 Å². The summed E-state index contributed by atoms with van der Waals surface area (Å²) in [4.78, 5) is 33.6. The lowest BCUT2D eigenvalue weighted by molar-refractivity contribution is -0.138. The number of aryl methyl sites for hydroxylation is 2. The van der Waals surface area contributed by atoms with Gasteiger partial charge >= 0.3 is 12.1 Å². The molecule has 1 aliphatic heterocycles. The molecule has 1 fully saturated rings. The van der Waals surface area contributed by atoms with Crippen LogP contribution >= 0.6 is 0 Å². The number of esters is 1. The van der Waals surface area contributed by atoms with Crippen molar-refractivity contribution in [3.8, 4) is 0 Å². The van der Waals surface area contributed by atoms with Gasteiger partial charge in [0.2, 0.25) is 0 Å². The maximum absolute atomic E-state index is 14.1. The van der Waals surface area contributed by atoms with E-state index in [9.17, 15) is 22.8 Å². The number of methoxy groups -OCH3 is 1. The van der Waals surface area contributed by atoms with E-state index in [-0.39, 0.29) is 35.8 Å². The van der Waals surface area contributed by atoms with Gasteiger partial charge < -0.3 is 9.64 Å². The van der Waals surface area contributed by atoms with Crippen LogP contribution in [-0.4, -0.2) is 66.9 Å². The van der Waals surface area contributed by atoms with Gasteiger partial charge in [0.15, 0.2) is 5.78 Å². The highest BCUT2D eigenvalue weighted by Gasteiger charge is 2.35. The molecule has 5 rings (SSSR count). The number of halogens is 3. The monoisotopic (exact) mass is 591 g/mol. The Labute approximate surface area is 250 Å². The molecule has 1 aromatic heterocycles. The molecule has 1 aliphatic carbocycles. The van der Waals surface area contributed by atoms with Gasteiger partial charge in [0.1, 0.15) is 0 Å². The van der Waals surface area contributed by atoms with Crippen molar-refractivity contribution in [1.29, 1.82) is 0 Å². The fourth-order valence-electron chi connectivity index (χ4n) is 5.89. The van der Waals surface area contributed by atoms with Crippen LogP contribution < -0.4 is 0 Å². The fourth-order valence-corrected chi connectivity index (χ4v) is 5.89. The predicted octanol–water partition coefficient (Wildman–Crippen LogP) is 5.56. The Morgan fingerprint density at radius 1 is 1.05 bits per heavy atom. The molecule has 0 saturated carbocycles. The van der Waals surface area contributed by atoms with Gasteiger partial charge in [-0.1, -0.05) is 36.4 Å². The maximum Gasteiger partial charge on any atom is 0.416 e. The van der Waals surface area contributed by atoms with Crippen LogP contribution in [0.25, 0.3) is 6.08 Å². The summed E-state index contributed by atoms with van der Waals surface area (Å²) in [7, 11) is 5.33. The molecule has 2 aliphatic rings. The number of benzene rings is 2. The number of rotatable bonds is 10. The Bertz CT molecular complexity index is 1550. The number of aromatic nitrogens is 1. The second kappa shape index (κ2) is 12.8. The molecule has 1 saturated heterocycles. The molecule has 2 heterocycles. The van der Waals surface area contributed by atoms with Crippen molar-refractivity contribution in [2.75, 3.05) is 34.3 Å². The molecule has 0 amide bonds. The summed E-state index contributed by atoms with van der Waals surface area (Å²) in [6.07, 6.45) is 1.89. The van der Waals surface area contributed by atoms with Gasteiger partial charge in [0.05, 0.1) is 18.4 Å². The first-order chi connectivity index (χ1) is 20.5. The number of likely N-dealkylation sites (tertiary alicyclic amines) is 1. The molecule has 226 valence electrons. The minimum Gasteiger partial charge on any atom is -0.466 e. The van der Waals surface area contributed by atoms with Gasteiger partial charge in [-0.3, -0.25) is 14.7 Å². The Morgan fingerprint density at radius 2 is 1.81 bits per heavy atom. The zero-order chi connectivity index (χ0) is 30.7. The van der Waals surface area contributed by atoms with Crippen molar-refractivity contribution in [3.63, 3.8) is 0 Å².